The van der Waals surface area contributed by atoms with Crippen molar-refractivity contribution in [2.24, 2.45) is 5.84 Å². The van der Waals surface area contributed by atoms with Gasteiger partial charge in [0, 0.05) is 18.8 Å². The number of aromatic nitrogens is 1. The van der Waals surface area contributed by atoms with Gasteiger partial charge in [0.25, 0.3) is 0 Å². The molecule has 1 amide bonds. The fourth-order valence-corrected chi connectivity index (χ4v) is 2.78. The predicted molar refractivity (Wildman–Crippen MR) is 86.2 cm³/mol. The number of hydrogen-bond donors (Lipinski definition) is 3. The molecule has 1 aromatic carbocycles. The predicted octanol–water partition coefficient (Wildman–Crippen LogP) is 1.89. The number of nitrogens with one attached hydrogen (secondary N) is 2. The maximum Gasteiger partial charge on any atom is 0.223 e. The number of hydrogen-bond acceptors (Lipinski definition) is 5. The molecule has 0 saturated heterocycles. The number of thiazole rings is 1. The number of anilines is 1. The third-order valence-corrected chi connectivity index (χ3v) is 3.89. The van der Waals surface area contributed by atoms with E-state index in [2.05, 4.69) is 40.0 Å². The highest BCUT2D eigenvalue weighted by atomic mass is 32.1. The van der Waals surface area contributed by atoms with E-state index in [9.17, 15) is 4.79 Å². The molecule has 0 aliphatic rings. The molecule has 0 aliphatic heterocycles. The molecule has 112 valence electrons. The van der Waals surface area contributed by atoms with Crippen LogP contribution in [0.5, 0.6) is 0 Å². The van der Waals surface area contributed by atoms with Gasteiger partial charge in [-0.15, -0.1) is 11.3 Å². The van der Waals surface area contributed by atoms with E-state index in [0.29, 0.717) is 5.13 Å². The van der Waals surface area contributed by atoms with Crippen LogP contribution in [0.1, 0.15) is 23.7 Å². The van der Waals surface area contributed by atoms with Crippen molar-refractivity contribution in [2.45, 2.75) is 26.2 Å². The second kappa shape index (κ2) is 7.87. The standard InChI is InChI=1S/C15H20N4OS/c1-11(20)18-15-19-14(10-21-15)7-6-12-2-4-13(5-3-12)8-9-17-16/h2-5,10,17H,6-9,16H2,1H3,(H,18,19,20). The third-order valence-electron chi connectivity index (χ3n) is 3.09. The fraction of sp³-hybridized carbons (Fsp3) is 0.333. The molecule has 2 aromatic rings. The van der Waals surface area contributed by atoms with Crippen molar-refractivity contribution >= 4 is 22.4 Å². The van der Waals surface area contributed by atoms with Crippen LogP contribution in [-0.2, 0) is 24.1 Å². The topological polar surface area (TPSA) is 80.0 Å². The number of aryl methyl sites for hydroxylation is 2. The summed E-state index contributed by atoms with van der Waals surface area (Å²) in [5, 5.41) is 5.36. The molecule has 1 aromatic heterocycles. The van der Waals surface area contributed by atoms with Crippen LogP contribution in [0, 0.1) is 0 Å². The molecule has 4 N–H and O–H groups in total. The second-order valence-corrected chi connectivity index (χ2v) is 5.70. The van der Waals surface area contributed by atoms with E-state index in [4.69, 9.17) is 5.84 Å². The first kappa shape index (κ1) is 15.6. The average molecular weight is 304 g/mol. The molecule has 6 heteroatoms. The number of nitrogens with two attached hydrogens (primary N) is 1. The van der Waals surface area contributed by atoms with Gasteiger partial charge in [-0.3, -0.25) is 16.1 Å². The highest BCUT2D eigenvalue weighted by Crippen LogP contribution is 2.17. The molecule has 0 saturated carbocycles. The Morgan fingerprint density at radius 2 is 1.86 bits per heavy atom. The van der Waals surface area contributed by atoms with Crippen LogP contribution in [0.25, 0.3) is 0 Å². The van der Waals surface area contributed by atoms with Crippen molar-refractivity contribution in [1.82, 2.24) is 10.4 Å². The van der Waals surface area contributed by atoms with E-state index in [0.717, 1.165) is 31.5 Å². The van der Waals surface area contributed by atoms with Gasteiger partial charge in [0.15, 0.2) is 5.13 Å². The number of carbonyl (C=O) groups is 1. The number of benzene rings is 1. The van der Waals surface area contributed by atoms with Crippen LogP contribution >= 0.6 is 11.3 Å². The van der Waals surface area contributed by atoms with E-state index in [1.165, 1.54) is 29.4 Å². The quantitative estimate of drug-likeness (QED) is 0.539. The van der Waals surface area contributed by atoms with Crippen LogP contribution in [0.3, 0.4) is 0 Å². The van der Waals surface area contributed by atoms with Crippen molar-refractivity contribution in [3.63, 3.8) is 0 Å². The molecule has 0 aliphatic carbocycles. The number of hydrazine groups is 1. The van der Waals surface area contributed by atoms with E-state index in [1.807, 2.05) is 5.38 Å². The number of rotatable bonds is 7. The van der Waals surface area contributed by atoms with Crippen LogP contribution in [0.4, 0.5) is 5.13 Å². The maximum atomic E-state index is 11.0. The van der Waals surface area contributed by atoms with Crippen molar-refractivity contribution in [2.75, 3.05) is 11.9 Å². The number of carbonyl (C=O) groups excluding carboxylic acids is 1. The minimum atomic E-state index is -0.0848. The number of amides is 1. The summed E-state index contributed by atoms with van der Waals surface area (Å²) in [4.78, 5) is 15.3. The monoisotopic (exact) mass is 304 g/mol. The molecule has 0 bridgehead atoms. The zero-order chi connectivity index (χ0) is 15.1. The van der Waals surface area contributed by atoms with Gasteiger partial charge < -0.3 is 5.32 Å². The highest BCUT2D eigenvalue weighted by molar-refractivity contribution is 7.13. The van der Waals surface area contributed by atoms with E-state index in [-0.39, 0.29) is 5.91 Å². The highest BCUT2D eigenvalue weighted by Gasteiger charge is 2.04. The van der Waals surface area contributed by atoms with E-state index < -0.39 is 0 Å². The van der Waals surface area contributed by atoms with Crippen molar-refractivity contribution in [3.05, 3.63) is 46.5 Å². The van der Waals surface area contributed by atoms with Crippen LogP contribution in [-0.4, -0.2) is 17.4 Å². The average Bonchev–Trinajstić information content (AvgIpc) is 2.91. The summed E-state index contributed by atoms with van der Waals surface area (Å²) in [6.45, 7) is 2.27. The van der Waals surface area contributed by atoms with E-state index in [1.54, 1.807) is 0 Å². The van der Waals surface area contributed by atoms with Crippen molar-refractivity contribution in [1.29, 1.82) is 0 Å². The summed E-state index contributed by atoms with van der Waals surface area (Å²) in [5.74, 6) is 5.18. The van der Waals surface area contributed by atoms with Gasteiger partial charge >= 0.3 is 0 Å². The van der Waals surface area contributed by atoms with Gasteiger partial charge in [-0.25, -0.2) is 4.98 Å². The fourth-order valence-electron chi connectivity index (χ4n) is 1.99. The van der Waals surface area contributed by atoms with Crippen LogP contribution in [0.15, 0.2) is 29.6 Å². The lowest BCUT2D eigenvalue weighted by Crippen LogP contribution is -2.24. The maximum absolute atomic E-state index is 11.0. The van der Waals surface area contributed by atoms with Crippen molar-refractivity contribution in [3.8, 4) is 0 Å². The summed E-state index contributed by atoms with van der Waals surface area (Å²) in [5.41, 5.74) is 6.23. The molecule has 5 nitrogen and oxygen atoms in total. The summed E-state index contributed by atoms with van der Waals surface area (Å²) in [6.07, 6.45) is 2.75. The molecule has 0 spiro atoms. The Balaban J connectivity index is 1.84. The molecule has 0 fully saturated rings. The summed E-state index contributed by atoms with van der Waals surface area (Å²) in [7, 11) is 0. The first-order valence-electron chi connectivity index (χ1n) is 6.90. The third kappa shape index (κ3) is 5.26. The van der Waals surface area contributed by atoms with Gasteiger partial charge in [0.1, 0.15) is 0 Å². The van der Waals surface area contributed by atoms with Crippen LogP contribution in [0.2, 0.25) is 0 Å². The second-order valence-electron chi connectivity index (χ2n) is 4.85. The molecular formula is C15H20N4OS. The van der Waals surface area contributed by atoms with Gasteiger partial charge in [-0.2, -0.15) is 0 Å². The Bertz CT molecular complexity index is 580. The molecule has 0 unspecified atom stereocenters. The SMILES string of the molecule is CC(=O)Nc1nc(CCc2ccc(CCNN)cc2)cs1. The first-order chi connectivity index (χ1) is 10.2. The minimum absolute atomic E-state index is 0.0848. The molecule has 0 atom stereocenters. The lowest BCUT2D eigenvalue weighted by Gasteiger charge is -2.03. The van der Waals surface area contributed by atoms with Gasteiger partial charge in [-0.05, 0) is 30.4 Å². The Morgan fingerprint density at radius 3 is 2.48 bits per heavy atom. The Hall–Kier alpha value is -1.76. The summed E-state index contributed by atoms with van der Waals surface area (Å²) < 4.78 is 0. The van der Waals surface area contributed by atoms with Crippen LogP contribution < -0.4 is 16.6 Å². The molecule has 21 heavy (non-hydrogen) atoms. The Kier molecular flexibility index (Phi) is 5.86. The summed E-state index contributed by atoms with van der Waals surface area (Å²) in [6, 6.07) is 8.56. The van der Waals surface area contributed by atoms with E-state index >= 15 is 0 Å². The lowest BCUT2D eigenvalue weighted by molar-refractivity contribution is -0.114. The first-order valence-corrected chi connectivity index (χ1v) is 7.78. The summed E-state index contributed by atoms with van der Waals surface area (Å²) >= 11 is 1.46. The zero-order valence-electron chi connectivity index (χ0n) is 12.1. The lowest BCUT2D eigenvalue weighted by atomic mass is 10.1. The Morgan fingerprint density at radius 1 is 1.19 bits per heavy atom. The molecule has 0 radical (unpaired) electrons. The number of nitrogens with zero attached hydrogens (tertiary/aromatic N) is 1. The van der Waals surface area contributed by atoms with Gasteiger partial charge in [-0.1, -0.05) is 24.3 Å². The molecular weight excluding hydrogens is 284 g/mol. The molecule has 2 rings (SSSR count). The molecule has 1 heterocycles. The van der Waals surface area contributed by atoms with Gasteiger partial charge in [0.2, 0.25) is 5.91 Å². The smallest absolute Gasteiger partial charge is 0.223 e. The zero-order valence-corrected chi connectivity index (χ0v) is 12.9. The van der Waals surface area contributed by atoms with Gasteiger partial charge in [0.05, 0.1) is 5.69 Å². The minimum Gasteiger partial charge on any atom is -0.302 e. The Labute approximate surface area is 128 Å². The van der Waals surface area contributed by atoms with Crippen molar-refractivity contribution < 1.29 is 4.79 Å². The largest absolute Gasteiger partial charge is 0.302 e. The normalized spacial score (nSPS) is 10.6.